The van der Waals surface area contributed by atoms with Crippen LogP contribution in [0.25, 0.3) is 0 Å². The van der Waals surface area contributed by atoms with Crippen molar-refractivity contribution < 1.29 is 13.9 Å². The molecule has 0 radical (unpaired) electrons. The zero-order valence-corrected chi connectivity index (χ0v) is 13.9. The summed E-state index contributed by atoms with van der Waals surface area (Å²) in [5.74, 6) is -0.407. The third-order valence-electron chi connectivity index (χ3n) is 4.20. The van der Waals surface area contributed by atoms with Gasteiger partial charge in [-0.3, -0.25) is 4.79 Å². The molecule has 2 aromatic carbocycles. The Bertz CT molecular complexity index is 632. The van der Waals surface area contributed by atoms with Crippen LogP contribution in [-0.2, 0) is 9.53 Å². The molecule has 3 heteroatoms. The van der Waals surface area contributed by atoms with Crippen LogP contribution >= 0.6 is 0 Å². The standard InChI is InChI=1S/C20H23FO2/c1-4-23-20(22)13-19(17-9-11-18(21)12-10-17)15(3)16-7-5-14(2)6-8-16/h5-12,15,19H,4,13H2,1-3H3/t15-,19-/m1/s1. The van der Waals surface area contributed by atoms with Crippen LogP contribution in [0, 0.1) is 12.7 Å². The van der Waals surface area contributed by atoms with Crippen LogP contribution in [0.2, 0.25) is 0 Å². The van der Waals surface area contributed by atoms with Gasteiger partial charge in [-0.1, -0.05) is 48.9 Å². The molecule has 0 unspecified atom stereocenters. The Morgan fingerprint density at radius 2 is 1.61 bits per heavy atom. The molecule has 2 aromatic rings. The summed E-state index contributed by atoms with van der Waals surface area (Å²) in [5.41, 5.74) is 3.31. The third kappa shape index (κ3) is 4.65. The van der Waals surface area contributed by atoms with Gasteiger partial charge < -0.3 is 4.74 Å². The molecular weight excluding hydrogens is 291 g/mol. The summed E-state index contributed by atoms with van der Waals surface area (Å²) in [4.78, 5) is 12.0. The van der Waals surface area contributed by atoms with Crippen molar-refractivity contribution in [2.24, 2.45) is 0 Å². The molecule has 0 amide bonds. The molecular formula is C20H23FO2. The van der Waals surface area contributed by atoms with Crippen molar-refractivity contribution in [1.29, 1.82) is 0 Å². The molecule has 0 saturated carbocycles. The van der Waals surface area contributed by atoms with Gasteiger partial charge in [-0.05, 0) is 43.0 Å². The summed E-state index contributed by atoms with van der Waals surface area (Å²) in [7, 11) is 0. The van der Waals surface area contributed by atoms with Gasteiger partial charge in [0.05, 0.1) is 13.0 Å². The Balaban J connectivity index is 2.29. The van der Waals surface area contributed by atoms with Crippen molar-refractivity contribution in [1.82, 2.24) is 0 Å². The summed E-state index contributed by atoms with van der Waals surface area (Å²) >= 11 is 0. The van der Waals surface area contributed by atoms with Crippen LogP contribution in [-0.4, -0.2) is 12.6 Å². The number of esters is 1. The molecule has 2 rings (SSSR count). The lowest BCUT2D eigenvalue weighted by Crippen LogP contribution is -2.15. The molecule has 2 atom stereocenters. The largest absolute Gasteiger partial charge is 0.466 e. The minimum Gasteiger partial charge on any atom is -0.466 e. The molecule has 0 aliphatic carbocycles. The highest BCUT2D eigenvalue weighted by atomic mass is 19.1. The summed E-state index contributed by atoms with van der Waals surface area (Å²) in [6.07, 6.45) is 0.286. The van der Waals surface area contributed by atoms with Crippen LogP contribution in [0.1, 0.15) is 48.8 Å². The van der Waals surface area contributed by atoms with Crippen LogP contribution in [0.5, 0.6) is 0 Å². The monoisotopic (exact) mass is 314 g/mol. The number of aryl methyl sites for hydroxylation is 1. The van der Waals surface area contributed by atoms with Gasteiger partial charge in [0.15, 0.2) is 0 Å². The average molecular weight is 314 g/mol. The first-order chi connectivity index (χ1) is 11.0. The van der Waals surface area contributed by atoms with E-state index in [1.165, 1.54) is 17.7 Å². The quantitative estimate of drug-likeness (QED) is 0.703. The Morgan fingerprint density at radius 1 is 1.04 bits per heavy atom. The second kappa shape index (κ2) is 7.91. The molecule has 0 spiro atoms. The normalized spacial score (nSPS) is 13.4. The van der Waals surface area contributed by atoms with E-state index < -0.39 is 0 Å². The number of rotatable bonds is 6. The zero-order valence-electron chi connectivity index (χ0n) is 13.9. The fraction of sp³-hybridized carbons (Fsp3) is 0.350. The van der Waals surface area contributed by atoms with E-state index >= 15 is 0 Å². The highest BCUT2D eigenvalue weighted by Crippen LogP contribution is 2.35. The molecule has 0 saturated heterocycles. The maximum absolute atomic E-state index is 13.2. The third-order valence-corrected chi connectivity index (χ3v) is 4.20. The number of carbonyl (C=O) groups is 1. The van der Waals surface area contributed by atoms with Crippen molar-refractivity contribution in [2.75, 3.05) is 6.61 Å². The molecule has 0 aromatic heterocycles. The van der Waals surface area contributed by atoms with Crippen molar-refractivity contribution in [3.05, 3.63) is 71.0 Å². The lowest BCUT2D eigenvalue weighted by Gasteiger charge is -2.24. The van der Waals surface area contributed by atoms with Gasteiger partial charge in [-0.15, -0.1) is 0 Å². The summed E-state index contributed by atoms with van der Waals surface area (Å²) in [6.45, 7) is 6.31. The topological polar surface area (TPSA) is 26.3 Å². The van der Waals surface area contributed by atoms with Gasteiger partial charge in [0, 0.05) is 5.92 Å². The highest BCUT2D eigenvalue weighted by Gasteiger charge is 2.24. The number of halogens is 1. The maximum atomic E-state index is 13.2. The van der Waals surface area contributed by atoms with E-state index in [1.807, 2.05) is 6.92 Å². The van der Waals surface area contributed by atoms with Crippen molar-refractivity contribution >= 4 is 5.97 Å². The van der Waals surface area contributed by atoms with E-state index in [1.54, 1.807) is 19.1 Å². The second-order valence-electron chi connectivity index (χ2n) is 5.87. The van der Waals surface area contributed by atoms with Gasteiger partial charge in [-0.2, -0.15) is 0 Å². The van der Waals surface area contributed by atoms with Crippen LogP contribution in [0.4, 0.5) is 4.39 Å². The molecule has 0 aliphatic heterocycles. The first-order valence-electron chi connectivity index (χ1n) is 7.99. The van der Waals surface area contributed by atoms with Gasteiger partial charge in [0.1, 0.15) is 5.82 Å². The predicted molar refractivity (Wildman–Crippen MR) is 90.0 cm³/mol. The van der Waals surface area contributed by atoms with E-state index in [-0.39, 0.29) is 30.0 Å². The zero-order chi connectivity index (χ0) is 16.8. The lowest BCUT2D eigenvalue weighted by atomic mass is 9.80. The first-order valence-corrected chi connectivity index (χ1v) is 7.99. The van der Waals surface area contributed by atoms with Gasteiger partial charge in [0.2, 0.25) is 0 Å². The summed E-state index contributed by atoms with van der Waals surface area (Å²) < 4.78 is 18.3. The van der Waals surface area contributed by atoms with E-state index in [0.717, 1.165) is 11.1 Å². The Kier molecular flexibility index (Phi) is 5.91. The molecule has 0 aliphatic rings. The van der Waals surface area contributed by atoms with Crippen molar-refractivity contribution in [3.8, 4) is 0 Å². The number of carbonyl (C=O) groups excluding carboxylic acids is 1. The lowest BCUT2D eigenvalue weighted by molar-refractivity contribution is -0.143. The smallest absolute Gasteiger partial charge is 0.306 e. The number of benzene rings is 2. The van der Waals surface area contributed by atoms with E-state index in [4.69, 9.17) is 4.74 Å². The molecule has 0 heterocycles. The molecule has 2 nitrogen and oxygen atoms in total. The van der Waals surface area contributed by atoms with E-state index in [9.17, 15) is 9.18 Å². The van der Waals surface area contributed by atoms with E-state index in [2.05, 4.69) is 31.2 Å². The second-order valence-corrected chi connectivity index (χ2v) is 5.87. The fourth-order valence-electron chi connectivity index (χ4n) is 2.80. The van der Waals surface area contributed by atoms with E-state index in [0.29, 0.717) is 6.61 Å². The molecule has 23 heavy (non-hydrogen) atoms. The van der Waals surface area contributed by atoms with Gasteiger partial charge in [0.25, 0.3) is 0 Å². The molecule has 0 bridgehead atoms. The summed E-state index contributed by atoms with van der Waals surface area (Å²) in [6, 6.07) is 14.7. The van der Waals surface area contributed by atoms with Crippen LogP contribution in [0.3, 0.4) is 0 Å². The van der Waals surface area contributed by atoms with Crippen LogP contribution in [0.15, 0.2) is 48.5 Å². The average Bonchev–Trinajstić information content (AvgIpc) is 2.54. The Hall–Kier alpha value is -2.16. The van der Waals surface area contributed by atoms with Crippen LogP contribution < -0.4 is 0 Å². The Morgan fingerprint density at radius 3 is 2.17 bits per heavy atom. The number of hydrogen-bond donors (Lipinski definition) is 0. The SMILES string of the molecule is CCOC(=O)C[C@@H](c1ccc(F)cc1)[C@H](C)c1ccc(C)cc1. The van der Waals surface area contributed by atoms with Gasteiger partial charge in [-0.25, -0.2) is 4.39 Å². The number of hydrogen-bond acceptors (Lipinski definition) is 2. The summed E-state index contributed by atoms with van der Waals surface area (Å²) in [5, 5.41) is 0. The minimum absolute atomic E-state index is 0.0441. The highest BCUT2D eigenvalue weighted by molar-refractivity contribution is 5.70. The van der Waals surface area contributed by atoms with Crippen molar-refractivity contribution in [3.63, 3.8) is 0 Å². The minimum atomic E-state index is -0.272. The van der Waals surface area contributed by atoms with Crippen molar-refractivity contribution in [2.45, 2.75) is 39.0 Å². The molecule has 0 fully saturated rings. The maximum Gasteiger partial charge on any atom is 0.306 e. The molecule has 0 N–H and O–H groups in total. The predicted octanol–water partition coefficient (Wildman–Crippen LogP) is 4.97. The fourth-order valence-corrected chi connectivity index (χ4v) is 2.80. The first kappa shape index (κ1) is 17.2. The Labute approximate surface area is 137 Å². The molecule has 122 valence electrons. The number of ether oxygens (including phenoxy) is 1. The van der Waals surface area contributed by atoms with Gasteiger partial charge >= 0.3 is 5.97 Å².